The lowest BCUT2D eigenvalue weighted by molar-refractivity contribution is -0.00545. The predicted molar refractivity (Wildman–Crippen MR) is 136 cm³/mol. The normalized spacial score (nSPS) is 20.4. The molecule has 0 bridgehead atoms. The minimum absolute atomic E-state index is 0. The third-order valence-electron chi connectivity index (χ3n) is 5.35. The summed E-state index contributed by atoms with van der Waals surface area (Å²) in [5.74, 6) is 1.95. The summed E-state index contributed by atoms with van der Waals surface area (Å²) in [4.78, 5) is 11.3. The second kappa shape index (κ2) is 11.5. The van der Waals surface area contributed by atoms with Crippen LogP contribution in [0.3, 0.4) is 0 Å². The molecule has 2 aromatic rings. The van der Waals surface area contributed by atoms with Crippen LogP contribution in [0.4, 0.5) is 11.5 Å². The molecule has 0 spiro atoms. The Balaban J connectivity index is 0.00000320. The van der Waals surface area contributed by atoms with Crippen LogP contribution in [0.1, 0.15) is 51.2 Å². The monoisotopic (exact) mass is 523 g/mol. The first kappa shape index (κ1) is 24.4. The van der Waals surface area contributed by atoms with Gasteiger partial charge in [-0.25, -0.2) is 9.98 Å². The molecule has 3 atom stereocenters. The topological polar surface area (TPSA) is 75.8 Å². The summed E-state index contributed by atoms with van der Waals surface area (Å²) in [6.07, 6.45) is 3.44. The molecule has 3 unspecified atom stereocenters. The number of aliphatic imine (C=N–C) groups is 1. The van der Waals surface area contributed by atoms with E-state index in [4.69, 9.17) is 10.5 Å². The van der Waals surface area contributed by atoms with Crippen molar-refractivity contribution in [3.05, 3.63) is 53.7 Å². The van der Waals surface area contributed by atoms with E-state index in [0.717, 1.165) is 36.6 Å². The van der Waals surface area contributed by atoms with Crippen LogP contribution in [0.25, 0.3) is 0 Å². The van der Waals surface area contributed by atoms with Crippen molar-refractivity contribution in [1.82, 2.24) is 4.98 Å². The Bertz CT molecular complexity index is 799. The molecule has 0 saturated carbocycles. The Labute approximate surface area is 197 Å². The van der Waals surface area contributed by atoms with Crippen molar-refractivity contribution in [3.8, 4) is 0 Å². The Morgan fingerprint density at radius 3 is 2.43 bits per heavy atom. The number of anilines is 2. The molecule has 6 nitrogen and oxygen atoms in total. The van der Waals surface area contributed by atoms with Crippen LogP contribution in [0.2, 0.25) is 0 Å². The largest absolute Gasteiger partial charge is 0.372 e. The first-order chi connectivity index (χ1) is 13.9. The van der Waals surface area contributed by atoms with Gasteiger partial charge in [-0.2, -0.15) is 0 Å². The molecule has 2 heterocycles. The fourth-order valence-corrected chi connectivity index (χ4v) is 3.56. The van der Waals surface area contributed by atoms with Crippen LogP contribution in [0.15, 0.2) is 47.6 Å². The van der Waals surface area contributed by atoms with Crippen LogP contribution in [-0.2, 0) is 11.3 Å². The maximum Gasteiger partial charge on any atom is 0.193 e. The van der Waals surface area contributed by atoms with Gasteiger partial charge >= 0.3 is 0 Å². The van der Waals surface area contributed by atoms with Gasteiger partial charge in [-0.15, -0.1) is 24.0 Å². The molecule has 7 heteroatoms. The van der Waals surface area contributed by atoms with Crippen molar-refractivity contribution >= 4 is 41.4 Å². The molecule has 1 aromatic heterocycles. The summed E-state index contributed by atoms with van der Waals surface area (Å²) in [6.45, 7) is 10.8. The zero-order chi connectivity index (χ0) is 20.8. The Morgan fingerprint density at radius 1 is 1.20 bits per heavy atom. The summed E-state index contributed by atoms with van der Waals surface area (Å²) in [5.41, 5.74) is 9.36. The minimum Gasteiger partial charge on any atom is -0.372 e. The average Bonchev–Trinajstić information content (AvgIpc) is 2.72. The molecule has 164 valence electrons. The number of aromatic nitrogens is 1. The molecule has 3 rings (SSSR count). The number of nitrogens with two attached hydrogens (primary N) is 1. The van der Waals surface area contributed by atoms with Crippen LogP contribution < -0.4 is 16.0 Å². The highest BCUT2D eigenvalue weighted by Crippen LogP contribution is 2.21. The van der Waals surface area contributed by atoms with E-state index in [0.29, 0.717) is 18.4 Å². The van der Waals surface area contributed by atoms with Gasteiger partial charge < -0.3 is 20.7 Å². The number of benzene rings is 1. The van der Waals surface area contributed by atoms with Crippen molar-refractivity contribution in [2.45, 2.75) is 58.8 Å². The van der Waals surface area contributed by atoms with Crippen LogP contribution in [-0.4, -0.2) is 36.2 Å². The zero-order valence-corrected chi connectivity index (χ0v) is 20.7. The maximum absolute atomic E-state index is 6.05. The first-order valence-electron chi connectivity index (χ1n) is 10.5. The third kappa shape index (κ3) is 6.84. The number of morpholine rings is 1. The van der Waals surface area contributed by atoms with E-state index in [1.54, 1.807) is 0 Å². The number of rotatable bonds is 6. The number of hydrogen-bond donors (Lipinski definition) is 2. The van der Waals surface area contributed by atoms with Crippen LogP contribution in [0.5, 0.6) is 0 Å². The smallest absolute Gasteiger partial charge is 0.193 e. The lowest BCUT2D eigenvalue weighted by Crippen LogP contribution is -2.45. The summed E-state index contributed by atoms with van der Waals surface area (Å²) < 4.78 is 5.79. The molecule has 0 radical (unpaired) electrons. The van der Waals surface area contributed by atoms with Gasteiger partial charge in [-0.1, -0.05) is 32.0 Å². The minimum atomic E-state index is 0. The second-order valence-corrected chi connectivity index (χ2v) is 7.94. The van der Waals surface area contributed by atoms with Gasteiger partial charge in [0.05, 0.1) is 18.8 Å². The fraction of sp³-hybridized carbons (Fsp3) is 0.478. The highest BCUT2D eigenvalue weighted by atomic mass is 127. The summed E-state index contributed by atoms with van der Waals surface area (Å²) >= 11 is 0. The third-order valence-corrected chi connectivity index (χ3v) is 5.35. The van der Waals surface area contributed by atoms with E-state index in [2.05, 4.69) is 66.1 Å². The van der Waals surface area contributed by atoms with Crippen LogP contribution in [0, 0.1) is 0 Å². The standard InChI is InChI=1S/C23H33N5O.HI/c1-5-16(2)20-7-9-21(10-8-20)27-23(24)26-13-19-6-11-22(25-12-19)28-14-17(3)29-18(4)15-28;/h6-12,16-18H,5,13-15H2,1-4H3,(H3,24,26,27);1H. The van der Waals surface area contributed by atoms with E-state index in [-0.39, 0.29) is 36.2 Å². The number of pyridine rings is 1. The average molecular weight is 523 g/mol. The lowest BCUT2D eigenvalue weighted by Gasteiger charge is -2.36. The van der Waals surface area contributed by atoms with Gasteiger partial charge in [-0.3, -0.25) is 0 Å². The van der Waals surface area contributed by atoms with E-state index in [9.17, 15) is 0 Å². The highest BCUT2D eigenvalue weighted by Gasteiger charge is 2.22. The molecule has 30 heavy (non-hydrogen) atoms. The van der Waals surface area contributed by atoms with Gasteiger partial charge in [0.1, 0.15) is 5.82 Å². The summed E-state index contributed by atoms with van der Waals surface area (Å²) in [5, 5.41) is 3.15. The molecule has 1 saturated heterocycles. The summed E-state index contributed by atoms with van der Waals surface area (Å²) in [6, 6.07) is 12.5. The quantitative estimate of drug-likeness (QED) is 0.325. The fourth-order valence-electron chi connectivity index (χ4n) is 3.56. The molecular weight excluding hydrogens is 489 g/mol. The number of ether oxygens (including phenoxy) is 1. The molecule has 0 amide bonds. The SMILES string of the molecule is CCC(C)c1ccc(NC(N)=NCc2ccc(N3CC(C)OC(C)C3)nc2)cc1.I. The van der Waals surface area contributed by atoms with E-state index in [1.807, 2.05) is 24.4 Å². The number of nitrogens with zero attached hydrogens (tertiary/aromatic N) is 3. The van der Waals surface area contributed by atoms with Crippen molar-refractivity contribution in [2.75, 3.05) is 23.3 Å². The Kier molecular flexibility index (Phi) is 9.36. The number of nitrogens with one attached hydrogen (secondary N) is 1. The van der Waals surface area contributed by atoms with E-state index < -0.39 is 0 Å². The second-order valence-electron chi connectivity index (χ2n) is 7.94. The van der Waals surface area contributed by atoms with E-state index >= 15 is 0 Å². The highest BCUT2D eigenvalue weighted by molar-refractivity contribution is 14.0. The maximum atomic E-state index is 6.05. The van der Waals surface area contributed by atoms with Gasteiger partial charge in [0.25, 0.3) is 0 Å². The molecule has 1 aliphatic heterocycles. The molecule has 1 aromatic carbocycles. The van der Waals surface area contributed by atoms with Crippen molar-refractivity contribution in [1.29, 1.82) is 0 Å². The zero-order valence-electron chi connectivity index (χ0n) is 18.3. The molecule has 3 N–H and O–H groups in total. The molecule has 1 aliphatic rings. The van der Waals surface area contributed by atoms with Crippen molar-refractivity contribution in [3.63, 3.8) is 0 Å². The molecule has 1 fully saturated rings. The van der Waals surface area contributed by atoms with E-state index in [1.165, 1.54) is 5.56 Å². The molecular formula is C23H34IN5O. The lowest BCUT2D eigenvalue weighted by atomic mass is 9.99. The van der Waals surface area contributed by atoms with Gasteiger partial charge in [0.2, 0.25) is 0 Å². The number of guanidine groups is 1. The summed E-state index contributed by atoms with van der Waals surface area (Å²) in [7, 11) is 0. The number of halogens is 1. The van der Waals surface area contributed by atoms with Gasteiger partial charge in [0, 0.05) is 25.0 Å². The number of hydrogen-bond acceptors (Lipinski definition) is 4. The predicted octanol–water partition coefficient (Wildman–Crippen LogP) is 4.75. The Hall–Kier alpha value is -1.87. The first-order valence-corrected chi connectivity index (χ1v) is 10.5. The van der Waals surface area contributed by atoms with Gasteiger partial charge in [-0.05, 0) is 55.5 Å². The Morgan fingerprint density at radius 2 is 1.87 bits per heavy atom. The van der Waals surface area contributed by atoms with Crippen molar-refractivity contribution in [2.24, 2.45) is 10.7 Å². The van der Waals surface area contributed by atoms with Gasteiger partial charge in [0.15, 0.2) is 5.96 Å². The van der Waals surface area contributed by atoms with Crippen molar-refractivity contribution < 1.29 is 4.74 Å². The van der Waals surface area contributed by atoms with Crippen LogP contribution >= 0.6 is 24.0 Å². The molecule has 0 aliphatic carbocycles.